The minimum atomic E-state index is -0.220. The number of aromatic nitrogens is 2. The van der Waals surface area contributed by atoms with E-state index >= 15 is 0 Å². The van der Waals surface area contributed by atoms with Gasteiger partial charge in [-0.25, -0.2) is 9.97 Å². The SMILES string of the molecule is CCCN(CCC)c1cc(C(=O)NCc2ccccc2OC)ncn1. The molecule has 0 fully saturated rings. The number of nitrogens with one attached hydrogen (secondary N) is 1. The van der Waals surface area contributed by atoms with Gasteiger partial charge in [-0.3, -0.25) is 4.79 Å². The zero-order chi connectivity index (χ0) is 18.1. The molecule has 0 saturated heterocycles. The number of rotatable bonds is 9. The maximum atomic E-state index is 12.4. The Hall–Kier alpha value is -2.63. The van der Waals surface area contributed by atoms with E-state index in [1.165, 1.54) is 6.33 Å². The zero-order valence-corrected chi connectivity index (χ0v) is 15.2. The molecular formula is C19H26N4O2. The van der Waals surface area contributed by atoms with Crippen molar-refractivity contribution in [3.8, 4) is 5.75 Å². The number of anilines is 1. The van der Waals surface area contributed by atoms with Gasteiger partial charge in [0.2, 0.25) is 0 Å². The minimum absolute atomic E-state index is 0.220. The summed E-state index contributed by atoms with van der Waals surface area (Å²) in [4.78, 5) is 23.1. The minimum Gasteiger partial charge on any atom is -0.496 e. The number of methoxy groups -OCH3 is 1. The average molecular weight is 342 g/mol. The summed E-state index contributed by atoms with van der Waals surface area (Å²) in [7, 11) is 1.62. The quantitative estimate of drug-likeness (QED) is 0.759. The molecule has 1 aromatic heterocycles. The first kappa shape index (κ1) is 18.7. The summed E-state index contributed by atoms with van der Waals surface area (Å²) in [5.41, 5.74) is 1.29. The van der Waals surface area contributed by atoms with Crippen molar-refractivity contribution in [1.29, 1.82) is 0 Å². The Kier molecular flexibility index (Phi) is 7.19. The summed E-state index contributed by atoms with van der Waals surface area (Å²) in [6, 6.07) is 9.37. The fourth-order valence-electron chi connectivity index (χ4n) is 2.64. The van der Waals surface area contributed by atoms with Crippen LogP contribution in [0.3, 0.4) is 0 Å². The molecule has 0 unspecified atom stereocenters. The molecule has 1 amide bonds. The number of ether oxygens (including phenoxy) is 1. The van der Waals surface area contributed by atoms with E-state index in [-0.39, 0.29) is 5.91 Å². The molecule has 0 aliphatic heterocycles. The summed E-state index contributed by atoms with van der Waals surface area (Å²) in [5.74, 6) is 1.33. The Morgan fingerprint density at radius 1 is 1.16 bits per heavy atom. The lowest BCUT2D eigenvalue weighted by molar-refractivity contribution is 0.0945. The number of benzene rings is 1. The van der Waals surface area contributed by atoms with Crippen molar-refractivity contribution < 1.29 is 9.53 Å². The molecule has 0 aliphatic rings. The van der Waals surface area contributed by atoms with E-state index in [0.717, 1.165) is 43.1 Å². The first-order valence-electron chi connectivity index (χ1n) is 8.66. The topological polar surface area (TPSA) is 67.4 Å². The van der Waals surface area contributed by atoms with E-state index in [1.54, 1.807) is 13.2 Å². The fourth-order valence-corrected chi connectivity index (χ4v) is 2.64. The number of para-hydroxylation sites is 1. The van der Waals surface area contributed by atoms with Crippen molar-refractivity contribution in [3.05, 3.63) is 47.9 Å². The van der Waals surface area contributed by atoms with Crippen LogP contribution in [-0.2, 0) is 6.54 Å². The van der Waals surface area contributed by atoms with Crippen LogP contribution in [0.2, 0.25) is 0 Å². The highest BCUT2D eigenvalue weighted by Gasteiger charge is 2.13. The lowest BCUT2D eigenvalue weighted by Crippen LogP contribution is -2.28. The number of hydrogen-bond donors (Lipinski definition) is 1. The maximum Gasteiger partial charge on any atom is 0.270 e. The monoisotopic (exact) mass is 342 g/mol. The summed E-state index contributed by atoms with van der Waals surface area (Å²) in [6.45, 7) is 6.46. The molecule has 6 nitrogen and oxygen atoms in total. The molecule has 0 saturated carbocycles. The fraction of sp³-hybridized carbons (Fsp3) is 0.421. The first-order valence-corrected chi connectivity index (χ1v) is 8.66. The lowest BCUT2D eigenvalue weighted by atomic mass is 10.2. The molecular weight excluding hydrogens is 316 g/mol. The van der Waals surface area contributed by atoms with Crippen LogP contribution in [-0.4, -0.2) is 36.1 Å². The van der Waals surface area contributed by atoms with E-state index in [1.807, 2.05) is 24.3 Å². The van der Waals surface area contributed by atoms with Crippen molar-refractivity contribution in [2.45, 2.75) is 33.2 Å². The predicted octanol–water partition coefficient (Wildman–Crippen LogP) is 3.04. The van der Waals surface area contributed by atoms with Gasteiger partial charge in [0.15, 0.2) is 0 Å². The predicted molar refractivity (Wildman–Crippen MR) is 99.0 cm³/mol. The highest BCUT2D eigenvalue weighted by molar-refractivity contribution is 5.92. The second kappa shape index (κ2) is 9.61. The lowest BCUT2D eigenvalue weighted by Gasteiger charge is -2.22. The summed E-state index contributed by atoms with van der Waals surface area (Å²) in [5, 5.41) is 2.89. The van der Waals surface area contributed by atoms with Crippen molar-refractivity contribution in [1.82, 2.24) is 15.3 Å². The third kappa shape index (κ3) is 5.17. The van der Waals surface area contributed by atoms with Crippen molar-refractivity contribution in [2.24, 2.45) is 0 Å². The van der Waals surface area contributed by atoms with Crippen LogP contribution in [0.1, 0.15) is 42.7 Å². The number of amides is 1. The molecule has 134 valence electrons. The van der Waals surface area contributed by atoms with Crippen LogP contribution >= 0.6 is 0 Å². The van der Waals surface area contributed by atoms with E-state index in [0.29, 0.717) is 12.2 Å². The van der Waals surface area contributed by atoms with E-state index in [4.69, 9.17) is 4.74 Å². The molecule has 0 spiro atoms. The van der Waals surface area contributed by atoms with Crippen LogP contribution in [0.5, 0.6) is 5.75 Å². The van der Waals surface area contributed by atoms with Gasteiger partial charge in [0, 0.05) is 31.3 Å². The first-order chi connectivity index (χ1) is 12.2. The highest BCUT2D eigenvalue weighted by atomic mass is 16.5. The van der Waals surface area contributed by atoms with Gasteiger partial charge in [0.25, 0.3) is 5.91 Å². The number of nitrogens with zero attached hydrogens (tertiary/aromatic N) is 3. The van der Waals surface area contributed by atoms with Crippen molar-refractivity contribution in [2.75, 3.05) is 25.1 Å². The van der Waals surface area contributed by atoms with Gasteiger partial charge in [-0.15, -0.1) is 0 Å². The van der Waals surface area contributed by atoms with Crippen molar-refractivity contribution in [3.63, 3.8) is 0 Å². The van der Waals surface area contributed by atoms with E-state index in [2.05, 4.69) is 34.0 Å². The second-order valence-corrected chi connectivity index (χ2v) is 5.74. The smallest absolute Gasteiger partial charge is 0.270 e. The number of hydrogen-bond acceptors (Lipinski definition) is 5. The van der Waals surface area contributed by atoms with Crippen LogP contribution in [0.4, 0.5) is 5.82 Å². The van der Waals surface area contributed by atoms with E-state index < -0.39 is 0 Å². The number of carbonyl (C=O) groups excluding carboxylic acids is 1. The largest absolute Gasteiger partial charge is 0.496 e. The molecule has 1 heterocycles. The van der Waals surface area contributed by atoms with E-state index in [9.17, 15) is 4.79 Å². The number of carbonyl (C=O) groups is 1. The molecule has 0 aliphatic carbocycles. The Bertz CT molecular complexity index is 685. The van der Waals surface area contributed by atoms with Crippen molar-refractivity contribution >= 4 is 11.7 Å². The molecule has 25 heavy (non-hydrogen) atoms. The van der Waals surface area contributed by atoms with Crippen LogP contribution in [0.15, 0.2) is 36.7 Å². The van der Waals surface area contributed by atoms with Gasteiger partial charge in [-0.2, -0.15) is 0 Å². The molecule has 0 atom stereocenters. The second-order valence-electron chi connectivity index (χ2n) is 5.74. The zero-order valence-electron chi connectivity index (χ0n) is 15.2. The van der Waals surface area contributed by atoms with Crippen LogP contribution < -0.4 is 15.0 Å². The van der Waals surface area contributed by atoms with Gasteiger partial charge >= 0.3 is 0 Å². The van der Waals surface area contributed by atoms with Crippen LogP contribution in [0.25, 0.3) is 0 Å². The molecule has 2 rings (SSSR count). The third-order valence-electron chi connectivity index (χ3n) is 3.83. The normalized spacial score (nSPS) is 10.4. The van der Waals surface area contributed by atoms with Gasteiger partial charge in [0.1, 0.15) is 23.6 Å². The summed E-state index contributed by atoms with van der Waals surface area (Å²) in [6.07, 6.45) is 3.50. The molecule has 1 aromatic carbocycles. The van der Waals surface area contributed by atoms with Gasteiger partial charge in [-0.05, 0) is 18.9 Å². The van der Waals surface area contributed by atoms with Gasteiger partial charge < -0.3 is 15.0 Å². The molecule has 1 N–H and O–H groups in total. The Morgan fingerprint density at radius 2 is 1.88 bits per heavy atom. The van der Waals surface area contributed by atoms with Gasteiger partial charge in [0.05, 0.1) is 7.11 Å². The molecule has 0 bridgehead atoms. The highest BCUT2D eigenvalue weighted by Crippen LogP contribution is 2.17. The molecule has 0 radical (unpaired) electrons. The maximum absolute atomic E-state index is 12.4. The average Bonchev–Trinajstić information content (AvgIpc) is 2.66. The molecule has 2 aromatic rings. The Labute approximate surface area is 149 Å². The summed E-state index contributed by atoms with van der Waals surface area (Å²) >= 11 is 0. The standard InChI is InChI=1S/C19H26N4O2/c1-4-10-23(11-5-2)18-12-16(21-14-22-18)19(24)20-13-15-8-6-7-9-17(15)25-3/h6-9,12,14H,4-5,10-11,13H2,1-3H3,(H,20,24). The summed E-state index contributed by atoms with van der Waals surface area (Å²) < 4.78 is 5.30. The Balaban J connectivity index is 2.07. The Morgan fingerprint density at radius 3 is 2.56 bits per heavy atom. The molecule has 6 heteroatoms. The van der Waals surface area contributed by atoms with Crippen LogP contribution in [0, 0.1) is 0 Å². The third-order valence-corrected chi connectivity index (χ3v) is 3.83. The van der Waals surface area contributed by atoms with Gasteiger partial charge in [-0.1, -0.05) is 32.0 Å².